The molecule has 2 N–H and O–H groups in total. The van der Waals surface area contributed by atoms with Crippen LogP contribution in [0.5, 0.6) is 11.6 Å². The molecule has 1 unspecified atom stereocenters. The maximum atomic E-state index is 11.8. The van der Waals surface area contributed by atoms with Crippen molar-refractivity contribution in [2.45, 2.75) is 12.5 Å². The fraction of sp³-hybridized carbons (Fsp3) is 0.200. The highest BCUT2D eigenvalue weighted by atomic mass is 16.5. The van der Waals surface area contributed by atoms with Gasteiger partial charge in [0.1, 0.15) is 5.75 Å². The molecule has 0 spiro atoms. The maximum absolute atomic E-state index is 11.8. The fourth-order valence-corrected chi connectivity index (χ4v) is 2.23. The Morgan fingerprint density at radius 2 is 2.15 bits per heavy atom. The number of ether oxygens (including phenoxy) is 1. The summed E-state index contributed by atoms with van der Waals surface area (Å²) < 4.78 is 5.66. The number of pyridine rings is 1. The predicted octanol–water partition coefficient (Wildman–Crippen LogP) is 1.94. The number of aromatic nitrogens is 1. The standard InChI is InChI=1S/C15H15N3O2/c16-11-8-15(19)18(10-11)12-4-3-5-13(9-12)20-14-6-1-2-7-17-14/h1-7,9,11H,8,10,16H2. The van der Waals surface area contributed by atoms with Crippen molar-refractivity contribution < 1.29 is 9.53 Å². The molecule has 1 saturated heterocycles. The highest BCUT2D eigenvalue weighted by Crippen LogP contribution is 2.27. The molecule has 1 aliphatic rings. The number of amides is 1. The first-order chi connectivity index (χ1) is 9.72. The Morgan fingerprint density at radius 1 is 1.25 bits per heavy atom. The molecule has 102 valence electrons. The summed E-state index contributed by atoms with van der Waals surface area (Å²) >= 11 is 0. The van der Waals surface area contributed by atoms with Crippen LogP contribution in [0.25, 0.3) is 0 Å². The van der Waals surface area contributed by atoms with Gasteiger partial charge in [-0.1, -0.05) is 12.1 Å². The Bertz CT molecular complexity index is 616. The number of hydrogen-bond acceptors (Lipinski definition) is 4. The van der Waals surface area contributed by atoms with Gasteiger partial charge in [-0.25, -0.2) is 4.98 Å². The number of anilines is 1. The van der Waals surface area contributed by atoms with E-state index in [-0.39, 0.29) is 11.9 Å². The molecule has 2 heterocycles. The van der Waals surface area contributed by atoms with Crippen LogP contribution in [0.15, 0.2) is 48.7 Å². The van der Waals surface area contributed by atoms with Crippen LogP contribution >= 0.6 is 0 Å². The average molecular weight is 269 g/mol. The highest BCUT2D eigenvalue weighted by Gasteiger charge is 2.28. The van der Waals surface area contributed by atoms with Crippen LogP contribution in [0, 0.1) is 0 Å². The van der Waals surface area contributed by atoms with Crippen molar-refractivity contribution >= 4 is 11.6 Å². The van der Waals surface area contributed by atoms with Gasteiger partial charge in [-0.3, -0.25) is 4.79 Å². The van der Waals surface area contributed by atoms with E-state index >= 15 is 0 Å². The smallest absolute Gasteiger partial charge is 0.228 e. The third-order valence-electron chi connectivity index (χ3n) is 3.14. The van der Waals surface area contributed by atoms with Crippen molar-refractivity contribution in [2.24, 2.45) is 5.73 Å². The van der Waals surface area contributed by atoms with Crippen molar-refractivity contribution in [2.75, 3.05) is 11.4 Å². The second-order valence-electron chi connectivity index (χ2n) is 4.74. The minimum Gasteiger partial charge on any atom is -0.439 e. The van der Waals surface area contributed by atoms with E-state index in [0.717, 1.165) is 5.69 Å². The highest BCUT2D eigenvalue weighted by molar-refractivity contribution is 5.96. The van der Waals surface area contributed by atoms with E-state index < -0.39 is 0 Å². The number of nitrogens with zero attached hydrogens (tertiary/aromatic N) is 2. The Kier molecular flexibility index (Phi) is 3.35. The Hall–Kier alpha value is -2.40. The molecule has 5 heteroatoms. The quantitative estimate of drug-likeness (QED) is 0.924. The van der Waals surface area contributed by atoms with Gasteiger partial charge in [-0.05, 0) is 18.2 Å². The van der Waals surface area contributed by atoms with Gasteiger partial charge in [-0.2, -0.15) is 0 Å². The van der Waals surface area contributed by atoms with Gasteiger partial charge in [0.2, 0.25) is 11.8 Å². The first kappa shape index (κ1) is 12.6. The molecule has 0 radical (unpaired) electrons. The lowest BCUT2D eigenvalue weighted by Gasteiger charge is -2.17. The number of carbonyl (C=O) groups is 1. The second-order valence-corrected chi connectivity index (χ2v) is 4.74. The van der Waals surface area contributed by atoms with Crippen LogP contribution < -0.4 is 15.4 Å². The van der Waals surface area contributed by atoms with Gasteiger partial charge >= 0.3 is 0 Å². The minimum atomic E-state index is -0.0946. The molecule has 5 nitrogen and oxygen atoms in total. The molecule has 1 amide bonds. The summed E-state index contributed by atoms with van der Waals surface area (Å²) in [5.41, 5.74) is 6.61. The van der Waals surface area contributed by atoms with Gasteiger partial charge in [0.15, 0.2) is 0 Å². The zero-order chi connectivity index (χ0) is 13.9. The summed E-state index contributed by atoms with van der Waals surface area (Å²) in [6.07, 6.45) is 2.06. The molecule has 3 rings (SSSR count). The van der Waals surface area contributed by atoms with Crippen LogP contribution in [0.1, 0.15) is 6.42 Å². The molecule has 1 aromatic heterocycles. The lowest BCUT2D eigenvalue weighted by atomic mass is 10.3. The molecule has 2 aromatic rings. The van der Waals surface area contributed by atoms with Gasteiger partial charge in [0.05, 0.1) is 0 Å². The second kappa shape index (κ2) is 5.30. The minimum absolute atomic E-state index is 0.0486. The summed E-state index contributed by atoms with van der Waals surface area (Å²) in [5, 5.41) is 0. The lowest BCUT2D eigenvalue weighted by molar-refractivity contribution is -0.117. The molecule has 1 fully saturated rings. The molecule has 0 aliphatic carbocycles. The molecule has 1 aromatic carbocycles. The lowest BCUT2D eigenvalue weighted by Crippen LogP contribution is -2.27. The average Bonchev–Trinajstić information content (AvgIpc) is 2.79. The number of rotatable bonds is 3. The van der Waals surface area contributed by atoms with Crippen LogP contribution in [0.4, 0.5) is 5.69 Å². The SMILES string of the molecule is NC1CC(=O)N(c2cccc(Oc3ccccn3)c2)C1. The Balaban J connectivity index is 1.81. The van der Waals surface area contributed by atoms with Crippen molar-refractivity contribution in [1.82, 2.24) is 4.98 Å². The van der Waals surface area contributed by atoms with Crippen LogP contribution in [-0.4, -0.2) is 23.5 Å². The zero-order valence-corrected chi connectivity index (χ0v) is 10.9. The summed E-state index contributed by atoms with van der Waals surface area (Å²) in [6.45, 7) is 0.547. The van der Waals surface area contributed by atoms with Crippen molar-refractivity contribution in [1.29, 1.82) is 0 Å². The van der Waals surface area contributed by atoms with Gasteiger partial charge in [0, 0.05) is 43.0 Å². The van der Waals surface area contributed by atoms with Crippen molar-refractivity contribution in [3.63, 3.8) is 0 Å². The third-order valence-corrected chi connectivity index (χ3v) is 3.14. The summed E-state index contributed by atoms with van der Waals surface area (Å²) in [6, 6.07) is 12.8. The van der Waals surface area contributed by atoms with Gasteiger partial charge in [0.25, 0.3) is 0 Å². The Labute approximate surface area is 117 Å². The zero-order valence-electron chi connectivity index (χ0n) is 10.9. The molecule has 0 bridgehead atoms. The summed E-state index contributed by atoms with van der Waals surface area (Å²) in [4.78, 5) is 17.6. The fourth-order valence-electron chi connectivity index (χ4n) is 2.23. The molecule has 20 heavy (non-hydrogen) atoms. The number of carbonyl (C=O) groups excluding carboxylic acids is 1. The first-order valence-electron chi connectivity index (χ1n) is 6.47. The largest absolute Gasteiger partial charge is 0.439 e. The summed E-state index contributed by atoms with van der Waals surface area (Å²) in [5.74, 6) is 1.22. The van der Waals surface area contributed by atoms with E-state index in [9.17, 15) is 4.79 Å². The maximum Gasteiger partial charge on any atom is 0.228 e. The van der Waals surface area contributed by atoms with E-state index in [1.807, 2.05) is 36.4 Å². The number of nitrogens with two attached hydrogens (primary N) is 1. The number of benzene rings is 1. The topological polar surface area (TPSA) is 68.5 Å². The predicted molar refractivity (Wildman–Crippen MR) is 75.7 cm³/mol. The first-order valence-corrected chi connectivity index (χ1v) is 6.47. The molecule has 0 saturated carbocycles. The normalized spacial score (nSPS) is 18.4. The van der Waals surface area contributed by atoms with Gasteiger partial charge < -0.3 is 15.4 Å². The van der Waals surface area contributed by atoms with Crippen molar-refractivity contribution in [3.05, 3.63) is 48.7 Å². The molecular weight excluding hydrogens is 254 g/mol. The summed E-state index contributed by atoms with van der Waals surface area (Å²) in [7, 11) is 0. The van der Waals surface area contributed by atoms with E-state index in [1.165, 1.54) is 0 Å². The number of hydrogen-bond donors (Lipinski definition) is 1. The third kappa shape index (κ3) is 2.62. The monoisotopic (exact) mass is 269 g/mol. The van der Waals surface area contributed by atoms with E-state index in [2.05, 4.69) is 4.98 Å². The molecule has 1 atom stereocenters. The Morgan fingerprint density at radius 3 is 2.85 bits per heavy atom. The van der Waals surface area contributed by atoms with Crippen molar-refractivity contribution in [3.8, 4) is 11.6 Å². The van der Waals surface area contributed by atoms with Crippen LogP contribution in [0.3, 0.4) is 0 Å². The molecular formula is C15H15N3O2. The molecule has 1 aliphatic heterocycles. The van der Waals surface area contributed by atoms with E-state index in [0.29, 0.717) is 24.6 Å². The van der Waals surface area contributed by atoms with Crippen LogP contribution in [0.2, 0.25) is 0 Å². The van der Waals surface area contributed by atoms with Crippen LogP contribution in [-0.2, 0) is 4.79 Å². The van der Waals surface area contributed by atoms with Gasteiger partial charge in [-0.15, -0.1) is 0 Å². The van der Waals surface area contributed by atoms with E-state index in [4.69, 9.17) is 10.5 Å². The van der Waals surface area contributed by atoms with E-state index in [1.54, 1.807) is 17.2 Å².